The van der Waals surface area contributed by atoms with Crippen molar-refractivity contribution in [2.75, 3.05) is 6.54 Å². The van der Waals surface area contributed by atoms with E-state index in [2.05, 4.69) is 11.3 Å². The molecule has 0 aromatic carbocycles. The molecule has 0 atom stereocenters. The van der Waals surface area contributed by atoms with E-state index < -0.39 is 15.6 Å². The third kappa shape index (κ3) is 4.32. The molecule has 5 heteroatoms. The molecule has 0 aromatic heterocycles. The van der Waals surface area contributed by atoms with Crippen LogP contribution in [0.2, 0.25) is 0 Å². The lowest BCUT2D eigenvalue weighted by atomic mass is 9.95. The van der Waals surface area contributed by atoms with Crippen molar-refractivity contribution in [2.24, 2.45) is 0 Å². The molecule has 0 aromatic rings. The highest BCUT2D eigenvalue weighted by atomic mass is 32.2. The minimum Gasteiger partial charge on any atom is -0.389 e. The van der Waals surface area contributed by atoms with Crippen LogP contribution < -0.4 is 4.72 Å². The quantitative estimate of drug-likeness (QED) is 0.715. The van der Waals surface area contributed by atoms with Crippen LogP contribution in [0.1, 0.15) is 38.5 Å². The fourth-order valence-electron chi connectivity index (χ4n) is 1.86. The third-order valence-electron chi connectivity index (χ3n) is 2.86. The minimum atomic E-state index is -3.42. The van der Waals surface area contributed by atoms with Gasteiger partial charge in [-0.15, -0.1) is 0 Å². The summed E-state index contributed by atoms with van der Waals surface area (Å²) in [6.07, 6.45) is 5.52. The van der Waals surface area contributed by atoms with E-state index in [1.165, 1.54) is 0 Å². The Balaban J connectivity index is 2.51. The highest BCUT2D eigenvalue weighted by molar-refractivity contribution is 7.92. The van der Waals surface area contributed by atoms with Crippen molar-refractivity contribution in [3.63, 3.8) is 0 Å². The van der Waals surface area contributed by atoms with Crippen LogP contribution in [0.5, 0.6) is 0 Å². The van der Waals surface area contributed by atoms with E-state index in [-0.39, 0.29) is 6.54 Å². The summed E-state index contributed by atoms with van der Waals surface area (Å²) in [7, 11) is -3.42. The lowest BCUT2D eigenvalue weighted by molar-refractivity contribution is 0.0304. The third-order valence-corrected chi connectivity index (χ3v) is 3.84. The topological polar surface area (TPSA) is 66.4 Å². The molecule has 0 spiro atoms. The van der Waals surface area contributed by atoms with Crippen LogP contribution in [0.25, 0.3) is 0 Å². The number of hydrogen-bond donors (Lipinski definition) is 2. The maximum absolute atomic E-state index is 11.1. The van der Waals surface area contributed by atoms with E-state index in [0.29, 0.717) is 12.8 Å². The Kier molecular flexibility index (Phi) is 4.31. The second-order valence-electron chi connectivity index (χ2n) is 4.17. The molecule has 1 rings (SSSR count). The maximum Gasteiger partial charge on any atom is 0.233 e. The molecule has 0 aliphatic heterocycles. The van der Waals surface area contributed by atoms with Crippen LogP contribution >= 0.6 is 0 Å². The zero-order chi connectivity index (χ0) is 11.4. The van der Waals surface area contributed by atoms with Crippen molar-refractivity contribution in [1.29, 1.82) is 0 Å². The normalized spacial score (nSPS) is 21.9. The Bertz CT molecular complexity index is 303. The van der Waals surface area contributed by atoms with Gasteiger partial charge in [-0.3, -0.25) is 0 Å². The SMILES string of the molecule is C=CS(=O)(=O)NCC1(O)CCCCCC1. The van der Waals surface area contributed by atoms with Gasteiger partial charge in [-0.25, -0.2) is 13.1 Å². The van der Waals surface area contributed by atoms with E-state index >= 15 is 0 Å². The van der Waals surface area contributed by atoms with Crippen molar-refractivity contribution >= 4 is 10.0 Å². The van der Waals surface area contributed by atoms with Gasteiger partial charge >= 0.3 is 0 Å². The monoisotopic (exact) mass is 233 g/mol. The van der Waals surface area contributed by atoms with Gasteiger partial charge in [0.2, 0.25) is 10.0 Å². The molecule has 0 heterocycles. The van der Waals surface area contributed by atoms with Crippen molar-refractivity contribution in [1.82, 2.24) is 4.72 Å². The highest BCUT2D eigenvalue weighted by Crippen LogP contribution is 2.26. The summed E-state index contributed by atoms with van der Waals surface area (Å²) in [5.41, 5.74) is -0.868. The molecule has 1 aliphatic rings. The smallest absolute Gasteiger partial charge is 0.233 e. The fraction of sp³-hybridized carbons (Fsp3) is 0.800. The zero-order valence-corrected chi connectivity index (χ0v) is 9.72. The van der Waals surface area contributed by atoms with Crippen LogP contribution in [0, 0.1) is 0 Å². The number of rotatable bonds is 4. The van der Waals surface area contributed by atoms with Gasteiger partial charge in [0.05, 0.1) is 5.60 Å². The van der Waals surface area contributed by atoms with E-state index in [4.69, 9.17) is 0 Å². The summed E-state index contributed by atoms with van der Waals surface area (Å²) in [4.78, 5) is 0. The van der Waals surface area contributed by atoms with Gasteiger partial charge in [0.15, 0.2) is 0 Å². The first-order valence-corrected chi connectivity index (χ1v) is 6.87. The van der Waals surface area contributed by atoms with Crippen LogP contribution in [0.15, 0.2) is 12.0 Å². The molecule has 0 amide bonds. The van der Waals surface area contributed by atoms with Crippen molar-refractivity contribution < 1.29 is 13.5 Å². The number of sulfonamides is 1. The van der Waals surface area contributed by atoms with Gasteiger partial charge in [-0.1, -0.05) is 32.3 Å². The Morgan fingerprint density at radius 2 is 1.80 bits per heavy atom. The van der Waals surface area contributed by atoms with Gasteiger partial charge in [0.25, 0.3) is 0 Å². The summed E-state index contributed by atoms with van der Waals surface area (Å²) in [5.74, 6) is 0. The van der Waals surface area contributed by atoms with Crippen LogP contribution in [0.3, 0.4) is 0 Å². The summed E-state index contributed by atoms with van der Waals surface area (Å²) in [6.45, 7) is 3.30. The van der Waals surface area contributed by atoms with Gasteiger partial charge in [0.1, 0.15) is 0 Å². The molecule has 1 fully saturated rings. The van der Waals surface area contributed by atoms with Crippen LogP contribution in [0.4, 0.5) is 0 Å². The lowest BCUT2D eigenvalue weighted by Crippen LogP contribution is -2.41. The summed E-state index contributed by atoms with van der Waals surface area (Å²) < 4.78 is 24.6. The molecule has 0 saturated heterocycles. The summed E-state index contributed by atoms with van der Waals surface area (Å²) >= 11 is 0. The molecule has 0 radical (unpaired) electrons. The molecule has 1 saturated carbocycles. The second kappa shape index (κ2) is 5.09. The summed E-state index contributed by atoms with van der Waals surface area (Å²) in [6, 6.07) is 0. The Morgan fingerprint density at radius 3 is 2.27 bits per heavy atom. The van der Waals surface area contributed by atoms with Gasteiger partial charge < -0.3 is 5.11 Å². The highest BCUT2D eigenvalue weighted by Gasteiger charge is 2.28. The second-order valence-corrected chi connectivity index (χ2v) is 5.88. The standard InChI is InChI=1S/C10H19NO3S/c1-2-15(13,14)11-9-10(12)7-5-3-4-6-8-10/h2,11-12H,1,3-9H2. The first-order valence-electron chi connectivity index (χ1n) is 5.32. The Hall–Kier alpha value is -0.390. The molecule has 1 aliphatic carbocycles. The van der Waals surface area contributed by atoms with Crippen molar-refractivity contribution in [3.05, 3.63) is 12.0 Å². The lowest BCUT2D eigenvalue weighted by Gasteiger charge is -2.26. The van der Waals surface area contributed by atoms with Gasteiger partial charge in [-0.2, -0.15) is 0 Å². The Labute approximate surface area is 91.4 Å². The zero-order valence-electron chi connectivity index (χ0n) is 8.91. The molecule has 15 heavy (non-hydrogen) atoms. The van der Waals surface area contributed by atoms with E-state index in [9.17, 15) is 13.5 Å². The molecule has 0 bridgehead atoms. The molecular formula is C10H19NO3S. The van der Waals surface area contributed by atoms with E-state index in [1.54, 1.807) is 0 Å². The van der Waals surface area contributed by atoms with Crippen molar-refractivity contribution in [3.8, 4) is 0 Å². The van der Waals surface area contributed by atoms with Crippen LogP contribution in [-0.4, -0.2) is 25.7 Å². The first-order chi connectivity index (χ1) is 6.97. The molecular weight excluding hydrogens is 214 g/mol. The number of aliphatic hydroxyl groups is 1. The van der Waals surface area contributed by atoms with E-state index in [0.717, 1.165) is 31.1 Å². The van der Waals surface area contributed by atoms with E-state index in [1.807, 2.05) is 0 Å². The maximum atomic E-state index is 11.1. The average Bonchev–Trinajstić information content (AvgIpc) is 2.42. The Morgan fingerprint density at radius 1 is 1.27 bits per heavy atom. The molecule has 0 unspecified atom stereocenters. The molecule has 88 valence electrons. The van der Waals surface area contributed by atoms with Crippen LogP contribution in [-0.2, 0) is 10.0 Å². The minimum absolute atomic E-state index is 0.0986. The summed E-state index contributed by atoms with van der Waals surface area (Å²) in [5, 5.41) is 11.0. The number of nitrogens with one attached hydrogen (secondary N) is 1. The van der Waals surface area contributed by atoms with Crippen molar-refractivity contribution in [2.45, 2.75) is 44.1 Å². The van der Waals surface area contributed by atoms with Gasteiger partial charge in [0, 0.05) is 12.0 Å². The first kappa shape index (κ1) is 12.7. The average molecular weight is 233 g/mol. The predicted molar refractivity (Wildman–Crippen MR) is 59.8 cm³/mol. The number of hydrogen-bond acceptors (Lipinski definition) is 3. The fourth-order valence-corrected chi connectivity index (χ4v) is 2.45. The van der Waals surface area contributed by atoms with Gasteiger partial charge in [-0.05, 0) is 12.8 Å². The molecule has 2 N–H and O–H groups in total. The predicted octanol–water partition coefficient (Wildman–Crippen LogP) is 1.13. The largest absolute Gasteiger partial charge is 0.389 e. The molecule has 4 nitrogen and oxygen atoms in total.